The van der Waals surface area contributed by atoms with Crippen molar-refractivity contribution in [1.29, 1.82) is 0 Å². The molecule has 1 aromatic carbocycles. The van der Waals surface area contributed by atoms with Crippen LogP contribution in [0.25, 0.3) is 10.9 Å². The summed E-state index contributed by atoms with van der Waals surface area (Å²) in [5.41, 5.74) is 2.69. The Hall–Kier alpha value is -2.07. The van der Waals surface area contributed by atoms with Crippen molar-refractivity contribution >= 4 is 16.7 Å². The van der Waals surface area contributed by atoms with Crippen LogP contribution >= 0.6 is 0 Å². The molecule has 5 heterocycles. The van der Waals surface area contributed by atoms with Gasteiger partial charge in [0.2, 0.25) is 0 Å². The summed E-state index contributed by atoms with van der Waals surface area (Å²) in [5.74, 6) is 0.568. The van der Waals surface area contributed by atoms with Crippen LogP contribution in [0.15, 0.2) is 23.8 Å². The number of hydrogen-bond donors (Lipinski definition) is 2. The second-order valence-corrected chi connectivity index (χ2v) is 19.6. The van der Waals surface area contributed by atoms with Crippen LogP contribution in [0.4, 0.5) is 0 Å². The van der Waals surface area contributed by atoms with Crippen molar-refractivity contribution in [2.75, 3.05) is 0 Å². The molecule has 8 heteroatoms. The van der Waals surface area contributed by atoms with Gasteiger partial charge in [-0.1, -0.05) is 19.4 Å². The number of rotatable bonds is 1. The lowest BCUT2D eigenvalue weighted by Crippen LogP contribution is -2.77. The lowest BCUT2D eigenvalue weighted by molar-refractivity contribution is -0.343. The molecule has 12 atom stereocenters. The summed E-state index contributed by atoms with van der Waals surface area (Å²) < 4.78 is 33.4. The van der Waals surface area contributed by atoms with Crippen molar-refractivity contribution in [2.45, 2.75) is 172 Å². The number of carbonyl (C=O) groups excluding carboxylic acids is 1. The Morgan fingerprint density at radius 2 is 1.64 bits per heavy atom. The highest BCUT2D eigenvalue weighted by Crippen LogP contribution is 2.75. The largest absolute Gasteiger partial charge is 0.386 e. The van der Waals surface area contributed by atoms with E-state index in [2.05, 4.69) is 86.4 Å². The third kappa shape index (κ3) is 3.54. The lowest BCUT2D eigenvalue weighted by atomic mass is 9.40. The zero-order valence-corrected chi connectivity index (χ0v) is 31.5. The van der Waals surface area contributed by atoms with Gasteiger partial charge in [0, 0.05) is 38.9 Å². The predicted octanol–water partition coefficient (Wildman–Crippen LogP) is 6.87. The molecule has 10 rings (SSSR count). The van der Waals surface area contributed by atoms with Gasteiger partial charge in [0.05, 0.1) is 28.8 Å². The molecule has 2 aromatic rings. The van der Waals surface area contributed by atoms with Crippen molar-refractivity contribution in [3.63, 3.8) is 0 Å². The number of aromatic amines is 1. The van der Waals surface area contributed by atoms with Gasteiger partial charge in [0.25, 0.3) is 0 Å². The van der Waals surface area contributed by atoms with Gasteiger partial charge in [0.1, 0.15) is 23.9 Å². The summed E-state index contributed by atoms with van der Waals surface area (Å²) in [7, 11) is 0. The number of benzene rings is 1. The predicted molar refractivity (Wildman–Crippen MR) is 188 cm³/mol. The minimum Gasteiger partial charge on any atom is -0.386 e. The van der Waals surface area contributed by atoms with Crippen molar-refractivity contribution in [2.24, 2.45) is 23.2 Å². The first kappa shape index (κ1) is 32.6. The van der Waals surface area contributed by atoms with Gasteiger partial charge in [-0.25, -0.2) is 0 Å². The molecule has 0 bridgehead atoms. The van der Waals surface area contributed by atoms with E-state index in [4.69, 9.17) is 23.7 Å². The molecule has 2 saturated carbocycles. The Bertz CT molecular complexity index is 1900. The molecule has 50 heavy (non-hydrogen) atoms. The molecule has 0 amide bonds. The molecule has 2 N–H and O–H groups in total. The molecule has 4 aliphatic heterocycles. The second kappa shape index (κ2) is 9.34. The maximum absolute atomic E-state index is 14.3. The summed E-state index contributed by atoms with van der Waals surface area (Å²) in [6, 6.07) is 4.19. The molecule has 0 radical (unpaired) electrons. The van der Waals surface area contributed by atoms with Crippen LogP contribution in [-0.2, 0) is 41.9 Å². The number of aliphatic hydroxyl groups is 1. The SMILES string of the molecule is CC(C)=CC1OC2C(OC3CC[C@@]4(C)[C@@](O)(CCC5Cc6c([nH]c7ccc8c(c67)CC6C(C8=O)C(C)(C)OC6(C)C)[C@@]54C)[C@]34OC24)C(C)(C)O1. The van der Waals surface area contributed by atoms with Gasteiger partial charge in [-0.05, 0) is 129 Å². The maximum atomic E-state index is 14.3. The molecule has 270 valence electrons. The minimum absolute atomic E-state index is 0.123. The van der Waals surface area contributed by atoms with Gasteiger partial charge in [0.15, 0.2) is 17.7 Å². The van der Waals surface area contributed by atoms with E-state index in [1.54, 1.807) is 0 Å². The normalized spacial score (nSPS) is 48.3. The number of nitrogens with one attached hydrogen (secondary N) is 1. The van der Waals surface area contributed by atoms with Gasteiger partial charge in [-0.3, -0.25) is 4.79 Å². The first-order chi connectivity index (χ1) is 23.3. The van der Waals surface area contributed by atoms with Gasteiger partial charge in [-0.15, -0.1) is 0 Å². The van der Waals surface area contributed by atoms with Crippen LogP contribution in [0.1, 0.15) is 122 Å². The van der Waals surface area contributed by atoms with Crippen LogP contribution in [-0.4, -0.2) is 74.6 Å². The van der Waals surface area contributed by atoms with E-state index in [1.165, 1.54) is 22.2 Å². The second-order valence-electron chi connectivity index (χ2n) is 19.6. The van der Waals surface area contributed by atoms with E-state index in [9.17, 15) is 9.90 Å². The molecule has 1 aromatic heterocycles. The minimum atomic E-state index is -1.11. The number of ketones is 1. The van der Waals surface area contributed by atoms with Crippen LogP contribution in [0.3, 0.4) is 0 Å². The van der Waals surface area contributed by atoms with Crippen LogP contribution < -0.4 is 0 Å². The van der Waals surface area contributed by atoms with Crippen LogP contribution in [0.5, 0.6) is 0 Å². The van der Waals surface area contributed by atoms with Crippen LogP contribution in [0.2, 0.25) is 0 Å². The van der Waals surface area contributed by atoms with E-state index in [0.29, 0.717) is 12.3 Å². The van der Waals surface area contributed by atoms with Crippen molar-refractivity contribution in [1.82, 2.24) is 4.98 Å². The lowest BCUT2D eigenvalue weighted by Gasteiger charge is -2.66. The first-order valence-electron chi connectivity index (χ1n) is 19.3. The number of hydrogen-bond acceptors (Lipinski definition) is 7. The molecular weight excluding hydrogens is 630 g/mol. The monoisotopic (exact) mass is 685 g/mol. The fraction of sp³-hybridized carbons (Fsp3) is 0.738. The molecular formula is C42H55NO7. The molecule has 8 unspecified atom stereocenters. The third-order valence-corrected chi connectivity index (χ3v) is 15.9. The fourth-order valence-corrected chi connectivity index (χ4v) is 13.6. The Kier molecular flexibility index (Phi) is 6.09. The molecule has 8 aliphatic rings. The van der Waals surface area contributed by atoms with Gasteiger partial charge < -0.3 is 33.8 Å². The highest BCUT2D eigenvalue weighted by atomic mass is 16.8. The standard InChI is InChI=1S/C42H55NO7/c1-20(2)17-28-47-32-34(38(7,8)48-28)46-27-14-15-39(9)40(10)21(13-16-41(39,45)42(27)35(32)49-42)18-24-29-23-19-25-30(37(5,6)50-36(25,3)4)31(44)22(23)11-12-26(29)43-33(24)40/h11-12,17,21,25,27-28,30,32,34-35,43,45H,13-16,18-19H2,1-10H3/t21?,25?,27?,28?,30?,32?,34?,35?,39-,40-,41+,42+/m1/s1. The number of epoxide rings is 1. The fourth-order valence-electron chi connectivity index (χ4n) is 13.6. The Morgan fingerprint density at radius 3 is 2.38 bits per heavy atom. The number of ether oxygens (including phenoxy) is 5. The Morgan fingerprint density at radius 1 is 0.880 bits per heavy atom. The van der Waals surface area contributed by atoms with Crippen molar-refractivity contribution in [3.05, 3.63) is 46.2 Å². The highest BCUT2D eigenvalue weighted by Gasteiger charge is 2.87. The quantitative estimate of drug-likeness (QED) is 0.250. The summed E-state index contributed by atoms with van der Waals surface area (Å²) in [5, 5.41) is 14.7. The smallest absolute Gasteiger partial charge is 0.178 e. The van der Waals surface area contributed by atoms with E-state index < -0.39 is 34.1 Å². The first-order valence-corrected chi connectivity index (χ1v) is 19.3. The zero-order chi connectivity index (χ0) is 35.3. The summed E-state index contributed by atoms with van der Waals surface area (Å²) in [4.78, 5) is 18.2. The number of carbonyl (C=O) groups is 1. The van der Waals surface area contributed by atoms with Crippen molar-refractivity contribution < 1.29 is 33.6 Å². The number of fused-ring (bicyclic) bond motifs is 12. The van der Waals surface area contributed by atoms with Crippen molar-refractivity contribution in [3.8, 4) is 0 Å². The van der Waals surface area contributed by atoms with Gasteiger partial charge >= 0.3 is 0 Å². The molecule has 8 nitrogen and oxygen atoms in total. The third-order valence-electron chi connectivity index (χ3n) is 15.9. The number of H-pyrrole nitrogens is 1. The van der Waals surface area contributed by atoms with E-state index >= 15 is 0 Å². The number of allylic oxidation sites excluding steroid dienone is 1. The average Bonchev–Trinajstić information content (AvgIpc) is 3.51. The van der Waals surface area contributed by atoms with Crippen LogP contribution in [0, 0.1) is 23.2 Å². The summed E-state index contributed by atoms with van der Waals surface area (Å²) >= 11 is 0. The molecule has 4 saturated heterocycles. The number of Topliss-reactive ketones (excluding diaryl/α,β-unsaturated/α-hetero) is 1. The Balaban J connectivity index is 1.07. The number of aromatic nitrogens is 1. The highest BCUT2D eigenvalue weighted by molar-refractivity contribution is 6.06. The average molecular weight is 686 g/mol. The molecule has 1 spiro atoms. The Labute approximate surface area is 296 Å². The maximum Gasteiger partial charge on any atom is 0.178 e. The van der Waals surface area contributed by atoms with Gasteiger partial charge in [-0.2, -0.15) is 0 Å². The molecule has 6 fully saturated rings. The molecule has 4 aliphatic carbocycles. The summed E-state index contributed by atoms with van der Waals surface area (Å²) in [6.45, 7) is 21.5. The van der Waals surface area contributed by atoms with E-state index in [-0.39, 0.29) is 53.1 Å². The summed E-state index contributed by atoms with van der Waals surface area (Å²) in [6.07, 6.45) is 5.41. The van der Waals surface area contributed by atoms with E-state index in [0.717, 1.165) is 48.8 Å². The topological polar surface area (TPSA) is 103 Å². The van der Waals surface area contributed by atoms with E-state index in [1.807, 2.05) is 6.08 Å². The zero-order valence-electron chi connectivity index (χ0n) is 31.5.